The molecule has 0 bridgehead atoms. The number of alkyl halides is 5. The van der Waals surface area contributed by atoms with E-state index in [4.69, 9.17) is 0 Å². The number of hydrogen-bond donors (Lipinski definition) is 0. The monoisotopic (exact) mass is 299 g/mol. The molecule has 0 aliphatic heterocycles. The molecule has 0 aliphatic rings. The quantitative estimate of drug-likeness (QED) is 0.633. The number of pyridine rings is 1. The predicted molar refractivity (Wildman–Crippen MR) is 56.5 cm³/mol. The van der Waals surface area contributed by atoms with Gasteiger partial charge in [-0.25, -0.2) is 13.8 Å². The van der Waals surface area contributed by atoms with Gasteiger partial charge in [0.1, 0.15) is 5.69 Å². The van der Waals surface area contributed by atoms with E-state index in [-0.39, 0.29) is 5.56 Å². The van der Waals surface area contributed by atoms with E-state index in [0.717, 1.165) is 14.2 Å². The van der Waals surface area contributed by atoms with Gasteiger partial charge >= 0.3 is 12.1 Å². The molecule has 112 valence electrons. The zero-order chi connectivity index (χ0) is 15.5. The summed E-state index contributed by atoms with van der Waals surface area (Å²) in [7, 11) is 1.95. The first-order valence-corrected chi connectivity index (χ1v) is 5.20. The van der Waals surface area contributed by atoms with Crippen LogP contribution in [-0.2, 0) is 22.1 Å². The van der Waals surface area contributed by atoms with Gasteiger partial charge in [-0.3, -0.25) is 4.79 Å². The number of nitrogens with zero attached hydrogens (tertiary/aromatic N) is 1. The molecule has 1 aromatic heterocycles. The van der Waals surface area contributed by atoms with E-state index in [1.807, 2.05) is 0 Å². The summed E-state index contributed by atoms with van der Waals surface area (Å²) in [5.41, 5.74) is -3.05. The van der Waals surface area contributed by atoms with E-state index in [2.05, 4.69) is 14.5 Å². The number of ether oxygens (including phenoxy) is 2. The standard InChI is InChI=1S/C11H10F5NO3/c1-19-7(18)4-5-3-6(10(12)13)17-9(8(5)20-2)11(14,15)16/h3,10H,4H2,1-2H3. The van der Waals surface area contributed by atoms with Gasteiger partial charge in [-0.2, -0.15) is 13.2 Å². The van der Waals surface area contributed by atoms with Crippen LogP contribution in [0.15, 0.2) is 6.07 Å². The fourth-order valence-electron chi connectivity index (χ4n) is 1.50. The Morgan fingerprint density at radius 1 is 1.35 bits per heavy atom. The highest BCUT2D eigenvalue weighted by atomic mass is 19.4. The number of methoxy groups -OCH3 is 2. The summed E-state index contributed by atoms with van der Waals surface area (Å²) in [6.45, 7) is 0. The molecule has 0 spiro atoms. The maximum absolute atomic E-state index is 12.8. The van der Waals surface area contributed by atoms with Crippen molar-refractivity contribution in [3.63, 3.8) is 0 Å². The van der Waals surface area contributed by atoms with Gasteiger partial charge in [-0.15, -0.1) is 0 Å². The number of hydrogen-bond acceptors (Lipinski definition) is 4. The molecule has 1 aromatic rings. The van der Waals surface area contributed by atoms with Crippen molar-refractivity contribution in [1.29, 1.82) is 0 Å². The van der Waals surface area contributed by atoms with Crippen LogP contribution in [0.3, 0.4) is 0 Å². The molecule has 0 aliphatic carbocycles. The van der Waals surface area contributed by atoms with Crippen LogP contribution in [-0.4, -0.2) is 25.2 Å². The largest absolute Gasteiger partial charge is 0.494 e. The van der Waals surface area contributed by atoms with Crippen LogP contribution >= 0.6 is 0 Å². The molecule has 4 nitrogen and oxygen atoms in total. The summed E-state index contributed by atoms with van der Waals surface area (Å²) in [5, 5.41) is 0. The van der Waals surface area contributed by atoms with Crippen molar-refractivity contribution < 1.29 is 36.2 Å². The third-order valence-corrected chi connectivity index (χ3v) is 2.33. The van der Waals surface area contributed by atoms with E-state index in [1.165, 1.54) is 0 Å². The molecule has 20 heavy (non-hydrogen) atoms. The second-order valence-electron chi connectivity index (χ2n) is 3.64. The average Bonchev–Trinajstić information content (AvgIpc) is 2.36. The van der Waals surface area contributed by atoms with E-state index in [0.29, 0.717) is 6.07 Å². The molecule has 0 amide bonds. The van der Waals surface area contributed by atoms with Gasteiger partial charge in [0.2, 0.25) is 0 Å². The molecule has 0 saturated carbocycles. The first kappa shape index (κ1) is 16.1. The Kier molecular flexibility index (Phi) is 4.85. The van der Waals surface area contributed by atoms with E-state index < -0.39 is 42.1 Å². The molecule has 0 fully saturated rings. The number of carbonyl (C=O) groups is 1. The topological polar surface area (TPSA) is 48.4 Å². The number of esters is 1. The Morgan fingerprint density at radius 2 is 1.95 bits per heavy atom. The second kappa shape index (κ2) is 6.02. The Bertz CT molecular complexity index is 502. The molecular formula is C11H10F5NO3. The van der Waals surface area contributed by atoms with Crippen LogP contribution in [0.4, 0.5) is 22.0 Å². The van der Waals surface area contributed by atoms with E-state index in [1.54, 1.807) is 0 Å². The minimum absolute atomic E-state index is 0.364. The van der Waals surface area contributed by atoms with Gasteiger partial charge in [0, 0.05) is 5.56 Å². The van der Waals surface area contributed by atoms with Crippen molar-refractivity contribution in [3.05, 3.63) is 23.0 Å². The van der Waals surface area contributed by atoms with Gasteiger partial charge in [0.15, 0.2) is 11.4 Å². The van der Waals surface area contributed by atoms with Gasteiger partial charge in [0.25, 0.3) is 6.43 Å². The minimum atomic E-state index is -4.99. The SMILES string of the molecule is COC(=O)Cc1cc(C(F)F)nc(C(F)(F)F)c1OC. The highest BCUT2D eigenvalue weighted by Crippen LogP contribution is 2.38. The third kappa shape index (κ3) is 3.55. The predicted octanol–water partition coefficient (Wildman–Crippen LogP) is 2.76. The summed E-state index contributed by atoms with van der Waals surface area (Å²) in [6.07, 6.45) is -8.83. The number of carbonyl (C=O) groups excluding carboxylic acids is 1. The lowest BCUT2D eigenvalue weighted by molar-refractivity contribution is -0.143. The van der Waals surface area contributed by atoms with Crippen LogP contribution in [0.2, 0.25) is 0 Å². The number of rotatable bonds is 4. The van der Waals surface area contributed by atoms with Crippen molar-refractivity contribution >= 4 is 5.97 Å². The van der Waals surface area contributed by atoms with Crippen molar-refractivity contribution in [2.75, 3.05) is 14.2 Å². The summed E-state index contributed by atoms with van der Waals surface area (Å²) < 4.78 is 72.3. The molecule has 0 aromatic carbocycles. The van der Waals surface area contributed by atoms with Crippen LogP contribution in [0, 0.1) is 0 Å². The Balaban J connectivity index is 3.46. The van der Waals surface area contributed by atoms with Crippen molar-refractivity contribution in [1.82, 2.24) is 4.98 Å². The lowest BCUT2D eigenvalue weighted by Crippen LogP contribution is -2.16. The summed E-state index contributed by atoms with van der Waals surface area (Å²) in [6, 6.07) is 0.690. The molecule has 0 N–H and O–H groups in total. The lowest BCUT2D eigenvalue weighted by atomic mass is 10.1. The first-order valence-electron chi connectivity index (χ1n) is 5.20. The van der Waals surface area contributed by atoms with Crippen LogP contribution in [0.5, 0.6) is 5.75 Å². The molecule has 1 heterocycles. The molecule has 0 radical (unpaired) electrons. The van der Waals surface area contributed by atoms with Crippen molar-refractivity contribution in [2.45, 2.75) is 19.0 Å². The molecule has 0 atom stereocenters. The third-order valence-electron chi connectivity index (χ3n) is 2.33. The fraction of sp³-hybridized carbons (Fsp3) is 0.455. The minimum Gasteiger partial charge on any atom is -0.494 e. The summed E-state index contributed by atoms with van der Waals surface area (Å²) in [4.78, 5) is 14.0. The molecule has 9 heteroatoms. The van der Waals surface area contributed by atoms with Gasteiger partial charge in [0.05, 0.1) is 20.6 Å². The highest BCUT2D eigenvalue weighted by Gasteiger charge is 2.39. The van der Waals surface area contributed by atoms with Gasteiger partial charge in [-0.1, -0.05) is 0 Å². The maximum atomic E-state index is 12.8. The van der Waals surface area contributed by atoms with Crippen LogP contribution in [0.1, 0.15) is 23.4 Å². The van der Waals surface area contributed by atoms with Crippen LogP contribution in [0.25, 0.3) is 0 Å². The van der Waals surface area contributed by atoms with Crippen molar-refractivity contribution in [2.24, 2.45) is 0 Å². The normalized spacial score (nSPS) is 11.6. The highest BCUT2D eigenvalue weighted by molar-refractivity contribution is 5.73. The Hall–Kier alpha value is -1.93. The number of halogens is 5. The van der Waals surface area contributed by atoms with Gasteiger partial charge in [-0.05, 0) is 6.07 Å². The maximum Gasteiger partial charge on any atom is 0.437 e. The summed E-state index contributed by atoms with van der Waals surface area (Å²) >= 11 is 0. The fourth-order valence-corrected chi connectivity index (χ4v) is 1.50. The van der Waals surface area contributed by atoms with Crippen LogP contribution < -0.4 is 4.74 Å². The average molecular weight is 299 g/mol. The van der Waals surface area contributed by atoms with Gasteiger partial charge < -0.3 is 9.47 Å². The molecule has 0 saturated heterocycles. The van der Waals surface area contributed by atoms with E-state index in [9.17, 15) is 26.7 Å². The molecule has 0 unspecified atom stereocenters. The second-order valence-corrected chi connectivity index (χ2v) is 3.64. The van der Waals surface area contributed by atoms with E-state index >= 15 is 0 Å². The lowest BCUT2D eigenvalue weighted by Gasteiger charge is -2.16. The summed E-state index contributed by atoms with van der Waals surface area (Å²) in [5.74, 6) is -1.66. The Labute approximate surface area is 110 Å². The Morgan fingerprint density at radius 3 is 2.35 bits per heavy atom. The van der Waals surface area contributed by atoms with Crippen molar-refractivity contribution in [3.8, 4) is 5.75 Å². The molecule has 1 rings (SSSR count). The zero-order valence-corrected chi connectivity index (χ0v) is 10.4. The zero-order valence-electron chi connectivity index (χ0n) is 10.4. The molecular weight excluding hydrogens is 289 g/mol. The first-order chi connectivity index (χ1) is 9.20. The smallest absolute Gasteiger partial charge is 0.437 e. The number of aromatic nitrogens is 1.